The summed E-state index contributed by atoms with van der Waals surface area (Å²) in [5.41, 5.74) is 2.41. The van der Waals surface area contributed by atoms with Crippen LogP contribution in [0.15, 0.2) is 18.2 Å². The van der Waals surface area contributed by atoms with Crippen LogP contribution in [0, 0.1) is 13.8 Å². The van der Waals surface area contributed by atoms with Crippen LogP contribution >= 0.6 is 0 Å². The highest BCUT2D eigenvalue weighted by atomic mass is 16.5. The summed E-state index contributed by atoms with van der Waals surface area (Å²) in [6.45, 7) is 6.29. The Kier molecular flexibility index (Phi) is 5.15. The SMILES string of the molecule is Cc1ccc(OCCNCCO)c(C)c1. The van der Waals surface area contributed by atoms with Crippen molar-refractivity contribution in [2.75, 3.05) is 26.3 Å². The molecule has 1 rings (SSSR count). The lowest BCUT2D eigenvalue weighted by molar-refractivity contribution is 0.275. The van der Waals surface area contributed by atoms with Gasteiger partial charge in [0.15, 0.2) is 0 Å². The smallest absolute Gasteiger partial charge is 0.122 e. The van der Waals surface area contributed by atoms with Crippen molar-refractivity contribution in [1.29, 1.82) is 0 Å². The molecule has 0 atom stereocenters. The molecule has 0 amide bonds. The molecule has 0 aliphatic heterocycles. The van der Waals surface area contributed by atoms with Gasteiger partial charge in [0.1, 0.15) is 12.4 Å². The quantitative estimate of drug-likeness (QED) is 0.693. The van der Waals surface area contributed by atoms with Crippen molar-refractivity contribution in [3.05, 3.63) is 29.3 Å². The Labute approximate surface area is 91.1 Å². The molecular weight excluding hydrogens is 190 g/mol. The number of rotatable bonds is 6. The standard InChI is InChI=1S/C12H19NO2/c1-10-3-4-12(11(2)9-10)15-8-6-13-5-7-14/h3-4,9,13-14H,5-8H2,1-2H3. The van der Waals surface area contributed by atoms with Crippen LogP contribution in [0.25, 0.3) is 0 Å². The van der Waals surface area contributed by atoms with Crippen LogP contribution in [0.2, 0.25) is 0 Å². The summed E-state index contributed by atoms with van der Waals surface area (Å²) in [4.78, 5) is 0. The Bertz CT molecular complexity index is 300. The van der Waals surface area contributed by atoms with E-state index >= 15 is 0 Å². The minimum absolute atomic E-state index is 0.170. The molecule has 0 saturated carbocycles. The highest BCUT2D eigenvalue weighted by molar-refractivity contribution is 5.35. The third-order valence-electron chi connectivity index (χ3n) is 2.16. The summed E-state index contributed by atoms with van der Waals surface area (Å²) in [6.07, 6.45) is 0. The average molecular weight is 209 g/mol. The summed E-state index contributed by atoms with van der Waals surface area (Å²) >= 11 is 0. The second-order valence-electron chi connectivity index (χ2n) is 3.59. The molecule has 0 heterocycles. The molecule has 1 aromatic carbocycles. The monoisotopic (exact) mass is 209 g/mol. The molecule has 3 heteroatoms. The number of ether oxygens (including phenoxy) is 1. The van der Waals surface area contributed by atoms with Gasteiger partial charge in [-0.05, 0) is 25.5 Å². The number of hydrogen-bond donors (Lipinski definition) is 2. The maximum atomic E-state index is 8.55. The van der Waals surface area contributed by atoms with Gasteiger partial charge in [0, 0.05) is 13.1 Å². The Morgan fingerprint density at radius 1 is 1.27 bits per heavy atom. The van der Waals surface area contributed by atoms with Crippen molar-refractivity contribution in [1.82, 2.24) is 5.32 Å². The van der Waals surface area contributed by atoms with Crippen LogP contribution in [-0.4, -0.2) is 31.4 Å². The first-order valence-electron chi connectivity index (χ1n) is 5.25. The van der Waals surface area contributed by atoms with E-state index in [4.69, 9.17) is 9.84 Å². The summed E-state index contributed by atoms with van der Waals surface area (Å²) in [7, 11) is 0. The Hall–Kier alpha value is -1.06. The molecule has 0 aliphatic rings. The fourth-order valence-electron chi connectivity index (χ4n) is 1.40. The normalized spacial score (nSPS) is 10.3. The van der Waals surface area contributed by atoms with Gasteiger partial charge in [-0.25, -0.2) is 0 Å². The van der Waals surface area contributed by atoms with Crippen molar-refractivity contribution >= 4 is 0 Å². The lowest BCUT2D eigenvalue weighted by Crippen LogP contribution is -2.24. The van der Waals surface area contributed by atoms with Crippen molar-refractivity contribution in [2.24, 2.45) is 0 Å². The van der Waals surface area contributed by atoms with Crippen molar-refractivity contribution in [3.8, 4) is 5.75 Å². The molecule has 0 aliphatic carbocycles. The minimum atomic E-state index is 0.170. The second-order valence-corrected chi connectivity index (χ2v) is 3.59. The molecule has 0 saturated heterocycles. The van der Waals surface area contributed by atoms with Crippen molar-refractivity contribution in [3.63, 3.8) is 0 Å². The maximum absolute atomic E-state index is 8.55. The molecule has 0 fully saturated rings. The molecule has 0 bridgehead atoms. The van der Waals surface area contributed by atoms with Crippen LogP contribution in [0.1, 0.15) is 11.1 Å². The first kappa shape index (κ1) is 12.0. The molecule has 3 nitrogen and oxygen atoms in total. The highest BCUT2D eigenvalue weighted by Gasteiger charge is 1.98. The Morgan fingerprint density at radius 3 is 2.73 bits per heavy atom. The first-order chi connectivity index (χ1) is 7.24. The van der Waals surface area contributed by atoms with E-state index in [9.17, 15) is 0 Å². The van der Waals surface area contributed by atoms with Crippen LogP contribution in [0.4, 0.5) is 0 Å². The van der Waals surface area contributed by atoms with Gasteiger partial charge in [-0.1, -0.05) is 17.7 Å². The number of benzene rings is 1. The molecule has 1 aromatic rings. The number of aliphatic hydroxyl groups excluding tert-OH is 1. The lowest BCUT2D eigenvalue weighted by atomic mass is 10.1. The van der Waals surface area contributed by atoms with E-state index < -0.39 is 0 Å². The van der Waals surface area contributed by atoms with E-state index in [1.165, 1.54) is 5.56 Å². The molecule has 0 unspecified atom stereocenters. The molecule has 15 heavy (non-hydrogen) atoms. The van der Waals surface area contributed by atoms with Crippen LogP contribution in [0.3, 0.4) is 0 Å². The minimum Gasteiger partial charge on any atom is -0.492 e. The molecule has 0 radical (unpaired) electrons. The van der Waals surface area contributed by atoms with Gasteiger partial charge in [-0.3, -0.25) is 0 Å². The van der Waals surface area contributed by atoms with E-state index in [1.807, 2.05) is 19.1 Å². The van der Waals surface area contributed by atoms with Crippen LogP contribution in [0.5, 0.6) is 5.75 Å². The van der Waals surface area contributed by atoms with Gasteiger partial charge in [-0.2, -0.15) is 0 Å². The summed E-state index contributed by atoms with van der Waals surface area (Å²) in [5.74, 6) is 0.936. The molecule has 84 valence electrons. The van der Waals surface area contributed by atoms with Gasteiger partial charge < -0.3 is 15.2 Å². The topological polar surface area (TPSA) is 41.5 Å². The number of aryl methyl sites for hydroxylation is 2. The summed E-state index contributed by atoms with van der Waals surface area (Å²) < 4.78 is 5.59. The second kappa shape index (κ2) is 6.43. The van der Waals surface area contributed by atoms with Gasteiger partial charge in [0.05, 0.1) is 6.61 Å². The summed E-state index contributed by atoms with van der Waals surface area (Å²) in [5, 5.41) is 11.6. The average Bonchev–Trinajstić information content (AvgIpc) is 2.20. The third-order valence-corrected chi connectivity index (χ3v) is 2.16. The zero-order chi connectivity index (χ0) is 11.1. The van der Waals surface area contributed by atoms with Gasteiger partial charge in [0.25, 0.3) is 0 Å². The predicted molar refractivity (Wildman–Crippen MR) is 61.4 cm³/mol. The van der Waals surface area contributed by atoms with E-state index in [2.05, 4.69) is 18.3 Å². The zero-order valence-corrected chi connectivity index (χ0v) is 9.42. The van der Waals surface area contributed by atoms with E-state index in [0.29, 0.717) is 13.2 Å². The molecule has 2 N–H and O–H groups in total. The fraction of sp³-hybridized carbons (Fsp3) is 0.500. The predicted octanol–water partition coefficient (Wildman–Crippen LogP) is 1.26. The van der Waals surface area contributed by atoms with E-state index in [0.717, 1.165) is 17.9 Å². The number of nitrogens with one attached hydrogen (secondary N) is 1. The van der Waals surface area contributed by atoms with Crippen molar-refractivity contribution in [2.45, 2.75) is 13.8 Å². The summed E-state index contributed by atoms with van der Waals surface area (Å²) in [6, 6.07) is 6.15. The third kappa shape index (κ3) is 4.32. The molecule has 0 spiro atoms. The van der Waals surface area contributed by atoms with Crippen LogP contribution < -0.4 is 10.1 Å². The Morgan fingerprint density at radius 2 is 2.07 bits per heavy atom. The zero-order valence-electron chi connectivity index (χ0n) is 9.42. The van der Waals surface area contributed by atoms with Crippen molar-refractivity contribution < 1.29 is 9.84 Å². The number of hydrogen-bond acceptors (Lipinski definition) is 3. The maximum Gasteiger partial charge on any atom is 0.122 e. The molecular formula is C12H19NO2. The highest BCUT2D eigenvalue weighted by Crippen LogP contribution is 2.18. The first-order valence-corrected chi connectivity index (χ1v) is 5.25. The Balaban J connectivity index is 2.31. The molecule has 0 aromatic heterocycles. The van der Waals surface area contributed by atoms with Gasteiger partial charge in [-0.15, -0.1) is 0 Å². The van der Waals surface area contributed by atoms with Gasteiger partial charge >= 0.3 is 0 Å². The largest absolute Gasteiger partial charge is 0.492 e. The van der Waals surface area contributed by atoms with Gasteiger partial charge in [0.2, 0.25) is 0 Å². The lowest BCUT2D eigenvalue weighted by Gasteiger charge is -2.09. The fourth-order valence-corrected chi connectivity index (χ4v) is 1.40. The van der Waals surface area contributed by atoms with E-state index in [-0.39, 0.29) is 6.61 Å². The van der Waals surface area contributed by atoms with Crippen LogP contribution in [-0.2, 0) is 0 Å². The number of aliphatic hydroxyl groups is 1. The van der Waals surface area contributed by atoms with E-state index in [1.54, 1.807) is 0 Å².